The lowest BCUT2D eigenvalue weighted by atomic mass is 10.1. The van der Waals surface area contributed by atoms with Crippen LogP contribution in [0.15, 0.2) is 16.9 Å². The lowest BCUT2D eigenvalue weighted by Crippen LogP contribution is -2.38. The number of nitrogens with zero attached hydrogens (tertiary/aromatic N) is 4. The first-order valence-corrected chi connectivity index (χ1v) is 10.1. The van der Waals surface area contributed by atoms with E-state index in [1.54, 1.807) is 32.0 Å². The predicted molar refractivity (Wildman–Crippen MR) is 116 cm³/mol. The number of carbonyl (C=O) groups excluding carboxylic acids is 1. The summed E-state index contributed by atoms with van der Waals surface area (Å²) in [6, 6.07) is 3.32. The van der Waals surface area contributed by atoms with Gasteiger partial charge in [0.2, 0.25) is 5.88 Å². The number of likely N-dealkylation sites (tertiary alicyclic amines) is 1. The maximum Gasteiger partial charge on any atom is 0.409 e. The number of ether oxygens (including phenoxy) is 3. The van der Waals surface area contributed by atoms with Gasteiger partial charge < -0.3 is 24.4 Å². The predicted octanol–water partition coefficient (Wildman–Crippen LogP) is 1.74. The first-order valence-electron chi connectivity index (χ1n) is 10.1. The number of hydrogen-bond acceptors (Lipinski definition) is 8. The molecular weight excluding hydrogens is 402 g/mol. The Morgan fingerprint density at radius 3 is 2.55 bits per heavy atom. The van der Waals surface area contributed by atoms with E-state index in [4.69, 9.17) is 14.2 Å². The highest BCUT2D eigenvalue weighted by molar-refractivity contribution is 5.68. The Hall–Kier alpha value is -3.14. The van der Waals surface area contributed by atoms with Gasteiger partial charge in [-0.3, -0.25) is 9.36 Å². The summed E-state index contributed by atoms with van der Waals surface area (Å²) < 4.78 is 17.3. The highest BCUT2D eigenvalue weighted by Gasteiger charge is 2.37. The molecule has 0 spiro atoms. The van der Waals surface area contributed by atoms with E-state index in [-0.39, 0.29) is 17.7 Å². The second kappa shape index (κ2) is 9.34. The number of aromatic nitrogens is 3. The molecule has 1 aliphatic heterocycles. The van der Waals surface area contributed by atoms with E-state index >= 15 is 0 Å². The Bertz CT molecular complexity index is 1020. The Balaban J connectivity index is 1.94. The second-order valence-electron chi connectivity index (χ2n) is 7.37. The Kier molecular flexibility index (Phi) is 6.79. The number of aryl methyl sites for hydroxylation is 2. The number of anilines is 1. The molecule has 3 heterocycles. The van der Waals surface area contributed by atoms with Crippen LogP contribution in [0.5, 0.6) is 5.88 Å². The molecule has 168 valence electrons. The van der Waals surface area contributed by atoms with Gasteiger partial charge in [-0.15, -0.1) is 0 Å². The molecule has 2 aromatic rings. The highest BCUT2D eigenvalue weighted by Crippen LogP contribution is 2.24. The zero-order chi connectivity index (χ0) is 22.7. The zero-order valence-corrected chi connectivity index (χ0v) is 18.8. The number of methoxy groups -OCH3 is 2. The van der Waals surface area contributed by atoms with Crippen molar-refractivity contribution < 1.29 is 19.0 Å². The molecule has 1 saturated heterocycles. The third-order valence-corrected chi connectivity index (χ3v) is 5.39. The van der Waals surface area contributed by atoms with E-state index < -0.39 is 6.09 Å². The largest absolute Gasteiger partial charge is 0.481 e. The Labute approximate surface area is 181 Å². The maximum absolute atomic E-state index is 13.2. The van der Waals surface area contributed by atoms with Crippen LogP contribution < -0.4 is 15.6 Å². The van der Waals surface area contributed by atoms with Crippen molar-refractivity contribution in [1.82, 2.24) is 19.4 Å². The van der Waals surface area contributed by atoms with Gasteiger partial charge in [0.25, 0.3) is 5.56 Å². The molecular formula is C21H29N5O5. The van der Waals surface area contributed by atoms with Gasteiger partial charge in [-0.1, -0.05) is 0 Å². The van der Waals surface area contributed by atoms with Crippen molar-refractivity contribution in [2.75, 3.05) is 39.2 Å². The standard InChI is InChI=1S/C21H29N5O5/c1-7-31-16-11-26(21(28)30-6)10-15(16)24-18-13(3)23-19(25(4)20(18)27)14-8-9-17(29-5)22-12(14)2/h8-9,15-16,24H,7,10-11H2,1-6H3. The van der Waals surface area contributed by atoms with Gasteiger partial charge in [-0.2, -0.15) is 0 Å². The molecule has 0 aliphatic carbocycles. The number of nitrogens with one attached hydrogen (secondary N) is 1. The van der Waals surface area contributed by atoms with Gasteiger partial charge in [0.15, 0.2) is 0 Å². The molecule has 2 unspecified atom stereocenters. The SMILES string of the molecule is CCOC1CN(C(=O)OC)CC1Nc1c(C)nc(-c2ccc(OC)nc2C)n(C)c1=O. The summed E-state index contributed by atoms with van der Waals surface area (Å²) in [5, 5.41) is 3.27. The van der Waals surface area contributed by atoms with Gasteiger partial charge in [0.1, 0.15) is 11.5 Å². The van der Waals surface area contributed by atoms with E-state index in [0.717, 1.165) is 5.56 Å². The number of amides is 1. The lowest BCUT2D eigenvalue weighted by molar-refractivity contribution is 0.0614. The van der Waals surface area contributed by atoms with E-state index in [9.17, 15) is 9.59 Å². The van der Waals surface area contributed by atoms with Crippen LogP contribution in [0.1, 0.15) is 18.3 Å². The van der Waals surface area contributed by atoms with E-state index in [0.29, 0.717) is 48.5 Å². The summed E-state index contributed by atoms with van der Waals surface area (Å²) in [6.07, 6.45) is -0.685. The van der Waals surface area contributed by atoms with Crippen molar-refractivity contribution in [2.24, 2.45) is 7.05 Å². The molecule has 1 fully saturated rings. The first-order chi connectivity index (χ1) is 14.8. The molecule has 0 saturated carbocycles. The molecule has 1 aliphatic rings. The molecule has 31 heavy (non-hydrogen) atoms. The number of pyridine rings is 1. The van der Waals surface area contributed by atoms with Gasteiger partial charge in [0, 0.05) is 31.8 Å². The summed E-state index contributed by atoms with van der Waals surface area (Å²) >= 11 is 0. The molecule has 1 N–H and O–H groups in total. The fourth-order valence-electron chi connectivity index (χ4n) is 3.76. The second-order valence-corrected chi connectivity index (χ2v) is 7.37. The zero-order valence-electron chi connectivity index (χ0n) is 18.8. The molecule has 3 rings (SSSR count). The molecule has 0 bridgehead atoms. The van der Waals surface area contributed by atoms with Crippen LogP contribution in [0.4, 0.5) is 10.5 Å². The monoisotopic (exact) mass is 431 g/mol. The molecule has 10 heteroatoms. The number of rotatable bonds is 6. The average Bonchev–Trinajstić information content (AvgIpc) is 3.16. The van der Waals surface area contributed by atoms with Crippen molar-refractivity contribution in [3.8, 4) is 17.3 Å². The van der Waals surface area contributed by atoms with Crippen molar-refractivity contribution in [3.05, 3.63) is 33.9 Å². The fourth-order valence-corrected chi connectivity index (χ4v) is 3.76. The lowest BCUT2D eigenvalue weighted by Gasteiger charge is -2.22. The van der Waals surface area contributed by atoms with Gasteiger partial charge in [-0.25, -0.2) is 14.8 Å². The molecule has 2 aromatic heterocycles. The highest BCUT2D eigenvalue weighted by atomic mass is 16.5. The van der Waals surface area contributed by atoms with Gasteiger partial charge >= 0.3 is 6.09 Å². The Morgan fingerprint density at radius 2 is 1.94 bits per heavy atom. The van der Waals surface area contributed by atoms with Crippen molar-refractivity contribution >= 4 is 11.8 Å². The van der Waals surface area contributed by atoms with Crippen LogP contribution in [0, 0.1) is 13.8 Å². The van der Waals surface area contributed by atoms with Crippen molar-refractivity contribution in [1.29, 1.82) is 0 Å². The van der Waals surface area contributed by atoms with Crippen LogP contribution in [0.2, 0.25) is 0 Å². The van der Waals surface area contributed by atoms with Crippen LogP contribution >= 0.6 is 0 Å². The van der Waals surface area contributed by atoms with Crippen molar-refractivity contribution in [2.45, 2.75) is 32.9 Å². The van der Waals surface area contributed by atoms with Crippen LogP contribution in [-0.2, 0) is 16.5 Å². The quantitative estimate of drug-likeness (QED) is 0.737. The smallest absolute Gasteiger partial charge is 0.409 e. The van der Waals surface area contributed by atoms with E-state index in [1.165, 1.54) is 11.7 Å². The summed E-state index contributed by atoms with van der Waals surface area (Å²) in [5.74, 6) is 1.02. The molecule has 0 aromatic carbocycles. The van der Waals surface area contributed by atoms with Crippen LogP contribution in [0.25, 0.3) is 11.4 Å². The van der Waals surface area contributed by atoms with Crippen LogP contribution in [0.3, 0.4) is 0 Å². The number of carbonyl (C=O) groups is 1. The van der Waals surface area contributed by atoms with Gasteiger partial charge in [-0.05, 0) is 26.8 Å². The maximum atomic E-state index is 13.2. The summed E-state index contributed by atoms with van der Waals surface area (Å²) in [5.41, 5.74) is 2.18. The third kappa shape index (κ3) is 4.48. The summed E-state index contributed by atoms with van der Waals surface area (Å²) in [7, 11) is 4.58. The summed E-state index contributed by atoms with van der Waals surface area (Å²) in [4.78, 5) is 35.8. The van der Waals surface area contributed by atoms with E-state index in [2.05, 4.69) is 15.3 Å². The number of hydrogen-bond donors (Lipinski definition) is 1. The molecule has 2 atom stereocenters. The van der Waals surface area contributed by atoms with Gasteiger partial charge in [0.05, 0.1) is 44.3 Å². The molecule has 10 nitrogen and oxygen atoms in total. The third-order valence-electron chi connectivity index (χ3n) is 5.39. The minimum absolute atomic E-state index is 0.218. The first kappa shape index (κ1) is 22.5. The minimum atomic E-state index is -0.422. The minimum Gasteiger partial charge on any atom is -0.481 e. The normalized spacial score (nSPS) is 18.2. The van der Waals surface area contributed by atoms with Crippen LogP contribution in [-0.4, -0.2) is 71.6 Å². The van der Waals surface area contributed by atoms with Crippen molar-refractivity contribution in [3.63, 3.8) is 0 Å². The van der Waals surface area contributed by atoms with E-state index in [1.807, 2.05) is 19.9 Å². The fraction of sp³-hybridized carbons (Fsp3) is 0.524. The molecule has 1 amide bonds. The average molecular weight is 431 g/mol. The topological polar surface area (TPSA) is 108 Å². The Morgan fingerprint density at radius 1 is 1.19 bits per heavy atom. The summed E-state index contributed by atoms with van der Waals surface area (Å²) in [6.45, 7) is 6.77. The molecule has 0 radical (unpaired) electrons.